The number of carboxylic acids is 1. The van der Waals surface area contributed by atoms with Crippen LogP contribution in [-0.2, 0) is 23.0 Å². The van der Waals surface area contributed by atoms with E-state index in [1.807, 2.05) is 0 Å². The molecule has 0 unspecified atom stereocenters. The van der Waals surface area contributed by atoms with Crippen LogP contribution in [0.1, 0.15) is 56.3 Å². The Balaban J connectivity index is 1.35. The van der Waals surface area contributed by atoms with E-state index < -0.39 is 21.8 Å². The number of aromatic carboxylic acids is 1. The molecule has 1 aromatic heterocycles. The minimum atomic E-state index is -3.22. The second-order valence-electron chi connectivity index (χ2n) is 9.56. The fourth-order valence-corrected chi connectivity index (χ4v) is 6.45. The first-order valence-corrected chi connectivity index (χ1v) is 14.7. The van der Waals surface area contributed by atoms with E-state index in [4.69, 9.17) is 0 Å². The van der Waals surface area contributed by atoms with Crippen molar-refractivity contribution < 1.29 is 27.5 Å². The van der Waals surface area contributed by atoms with Crippen molar-refractivity contribution in [3.05, 3.63) is 74.8 Å². The Bertz CT molecular complexity index is 1530. The molecule has 0 saturated carbocycles. The predicted octanol–water partition coefficient (Wildman–Crippen LogP) is 3.20. The topological polar surface area (TPSA) is 126 Å². The molecule has 0 atom stereocenters. The number of rotatable bonds is 5. The standard InChI is InChI=1S/C25H25BrFN5O5S/c1-38(36,37)31-8-4-15(5-9-31)23-14-32(29-28-23)18-11-16(10-17(26)12-18)24(33)30-7-6-19-20(25(34)35)2-3-22(27)21(19)13-30/h2-3,10-12,14-15H,4-9,13H2,1H3,(H,34,35). The maximum Gasteiger partial charge on any atom is 0.335 e. The summed E-state index contributed by atoms with van der Waals surface area (Å²) in [6.45, 7) is 1.10. The molecule has 2 aromatic carbocycles. The number of carboxylic acid groups (broad SMARTS) is 1. The van der Waals surface area contributed by atoms with Gasteiger partial charge >= 0.3 is 5.97 Å². The number of aromatic nitrogens is 3. The number of carbonyl (C=O) groups excluding carboxylic acids is 1. The fraction of sp³-hybridized carbons (Fsp3) is 0.360. The lowest BCUT2D eigenvalue weighted by Crippen LogP contribution is -2.37. The van der Waals surface area contributed by atoms with Gasteiger partial charge in [0.1, 0.15) is 5.82 Å². The van der Waals surface area contributed by atoms with Crippen LogP contribution in [0.15, 0.2) is 41.0 Å². The largest absolute Gasteiger partial charge is 0.478 e. The van der Waals surface area contributed by atoms with Crippen molar-refractivity contribution in [3.8, 4) is 5.69 Å². The zero-order valence-corrected chi connectivity index (χ0v) is 22.9. The molecular weight excluding hydrogens is 581 g/mol. The van der Waals surface area contributed by atoms with Crippen LogP contribution in [0, 0.1) is 5.82 Å². The highest BCUT2D eigenvalue weighted by Gasteiger charge is 2.29. The second-order valence-corrected chi connectivity index (χ2v) is 12.5. The van der Waals surface area contributed by atoms with Crippen LogP contribution in [0.3, 0.4) is 0 Å². The molecule has 1 amide bonds. The van der Waals surface area contributed by atoms with Gasteiger partial charge in [-0.15, -0.1) is 5.10 Å². The first-order valence-electron chi connectivity index (χ1n) is 12.0. The molecule has 10 nitrogen and oxygen atoms in total. The molecule has 3 heterocycles. The molecule has 0 aliphatic carbocycles. The molecule has 0 bridgehead atoms. The third-order valence-electron chi connectivity index (χ3n) is 7.12. The summed E-state index contributed by atoms with van der Waals surface area (Å²) in [5, 5.41) is 18.0. The molecule has 2 aliphatic rings. The number of fused-ring (bicyclic) bond motifs is 1. The van der Waals surface area contributed by atoms with E-state index in [9.17, 15) is 27.5 Å². The van der Waals surface area contributed by atoms with Gasteiger partial charge in [0, 0.05) is 47.7 Å². The van der Waals surface area contributed by atoms with Crippen molar-refractivity contribution in [1.29, 1.82) is 0 Å². The van der Waals surface area contributed by atoms with Crippen LogP contribution in [0.25, 0.3) is 5.69 Å². The summed E-state index contributed by atoms with van der Waals surface area (Å²) in [5.41, 5.74) is 2.43. The highest BCUT2D eigenvalue weighted by molar-refractivity contribution is 9.10. The van der Waals surface area contributed by atoms with E-state index in [0.29, 0.717) is 47.2 Å². The number of amides is 1. The van der Waals surface area contributed by atoms with Crippen molar-refractivity contribution >= 4 is 37.8 Å². The molecule has 1 N–H and O–H groups in total. The minimum absolute atomic E-state index is 0.0252. The van der Waals surface area contributed by atoms with Crippen LogP contribution < -0.4 is 0 Å². The van der Waals surface area contributed by atoms with Crippen molar-refractivity contribution in [3.63, 3.8) is 0 Å². The molecular formula is C25H25BrFN5O5S. The van der Waals surface area contributed by atoms with Gasteiger partial charge in [0.15, 0.2) is 0 Å². The first kappa shape index (κ1) is 26.4. The molecule has 13 heteroatoms. The number of hydrogen-bond acceptors (Lipinski definition) is 6. The van der Waals surface area contributed by atoms with E-state index in [-0.39, 0.29) is 42.5 Å². The number of carbonyl (C=O) groups is 2. The quantitative estimate of drug-likeness (QED) is 0.473. The third kappa shape index (κ3) is 5.22. The number of nitrogens with zero attached hydrogens (tertiary/aromatic N) is 5. The average Bonchev–Trinajstić information content (AvgIpc) is 3.38. The number of hydrogen-bond donors (Lipinski definition) is 1. The van der Waals surface area contributed by atoms with Crippen LogP contribution in [0.5, 0.6) is 0 Å². The number of piperidine rings is 1. The number of sulfonamides is 1. The Morgan fingerprint density at radius 1 is 1.11 bits per heavy atom. The second kappa shape index (κ2) is 10.2. The van der Waals surface area contributed by atoms with Gasteiger partial charge in [-0.05, 0) is 55.2 Å². The van der Waals surface area contributed by atoms with E-state index >= 15 is 0 Å². The van der Waals surface area contributed by atoms with Crippen LogP contribution in [0.4, 0.5) is 4.39 Å². The van der Waals surface area contributed by atoms with Crippen LogP contribution in [0.2, 0.25) is 0 Å². The summed E-state index contributed by atoms with van der Waals surface area (Å²) in [4.78, 5) is 26.5. The Labute approximate surface area is 227 Å². The summed E-state index contributed by atoms with van der Waals surface area (Å²) in [5.74, 6) is -1.89. The van der Waals surface area contributed by atoms with Crippen LogP contribution >= 0.6 is 15.9 Å². The zero-order chi connectivity index (χ0) is 27.2. The fourth-order valence-electron chi connectivity index (χ4n) is 5.10. The van der Waals surface area contributed by atoms with Gasteiger partial charge in [0.05, 0.1) is 29.4 Å². The molecule has 2 aliphatic heterocycles. The molecule has 38 heavy (non-hydrogen) atoms. The molecule has 1 saturated heterocycles. The van der Waals surface area contributed by atoms with Gasteiger partial charge < -0.3 is 10.0 Å². The third-order valence-corrected chi connectivity index (χ3v) is 8.88. The number of benzene rings is 2. The van der Waals surface area contributed by atoms with Gasteiger partial charge in [0.25, 0.3) is 5.91 Å². The first-order chi connectivity index (χ1) is 18.0. The summed E-state index contributed by atoms with van der Waals surface area (Å²) in [6.07, 6.45) is 4.53. The van der Waals surface area contributed by atoms with E-state index in [1.165, 1.54) is 21.5 Å². The molecule has 1 fully saturated rings. The zero-order valence-electron chi connectivity index (χ0n) is 20.5. The van der Waals surface area contributed by atoms with Gasteiger partial charge in [-0.1, -0.05) is 21.1 Å². The Morgan fingerprint density at radius 2 is 1.84 bits per heavy atom. The van der Waals surface area contributed by atoms with Gasteiger partial charge in [-0.25, -0.2) is 26.6 Å². The van der Waals surface area contributed by atoms with Gasteiger partial charge in [-0.2, -0.15) is 0 Å². The van der Waals surface area contributed by atoms with Crippen molar-refractivity contribution in [1.82, 2.24) is 24.2 Å². The molecule has 3 aromatic rings. The monoisotopic (exact) mass is 605 g/mol. The molecule has 0 spiro atoms. The smallest absolute Gasteiger partial charge is 0.335 e. The highest BCUT2D eigenvalue weighted by atomic mass is 79.9. The van der Waals surface area contributed by atoms with E-state index in [2.05, 4.69) is 26.2 Å². The Morgan fingerprint density at radius 3 is 2.53 bits per heavy atom. The summed E-state index contributed by atoms with van der Waals surface area (Å²) < 4.78 is 41.8. The van der Waals surface area contributed by atoms with E-state index in [1.54, 1.807) is 29.1 Å². The summed E-state index contributed by atoms with van der Waals surface area (Å²) in [7, 11) is -3.22. The SMILES string of the molecule is CS(=O)(=O)N1CCC(c2cn(-c3cc(Br)cc(C(=O)N4CCc5c(C(=O)O)ccc(F)c5C4)c3)nn2)CC1. The average molecular weight is 606 g/mol. The lowest BCUT2D eigenvalue weighted by molar-refractivity contribution is 0.0693. The lowest BCUT2D eigenvalue weighted by atomic mass is 9.93. The van der Waals surface area contributed by atoms with Crippen molar-refractivity contribution in [2.24, 2.45) is 0 Å². The van der Waals surface area contributed by atoms with Gasteiger partial charge in [0.2, 0.25) is 10.0 Å². The molecule has 0 radical (unpaired) electrons. The normalized spacial score (nSPS) is 16.9. The minimum Gasteiger partial charge on any atom is -0.478 e. The maximum absolute atomic E-state index is 14.5. The summed E-state index contributed by atoms with van der Waals surface area (Å²) >= 11 is 3.45. The van der Waals surface area contributed by atoms with Crippen LogP contribution in [-0.4, -0.2) is 75.5 Å². The summed E-state index contributed by atoms with van der Waals surface area (Å²) in [6, 6.07) is 7.53. The lowest BCUT2D eigenvalue weighted by Gasteiger charge is -2.30. The Hall–Kier alpha value is -3.16. The number of halogens is 2. The van der Waals surface area contributed by atoms with E-state index in [0.717, 1.165) is 11.8 Å². The van der Waals surface area contributed by atoms with Crippen molar-refractivity contribution in [2.75, 3.05) is 25.9 Å². The molecule has 5 rings (SSSR count). The molecule has 200 valence electrons. The maximum atomic E-state index is 14.5. The Kier molecular flexibility index (Phi) is 7.09. The highest BCUT2D eigenvalue weighted by Crippen LogP contribution is 2.30. The van der Waals surface area contributed by atoms with Crippen molar-refractivity contribution in [2.45, 2.75) is 31.7 Å². The predicted molar refractivity (Wildman–Crippen MR) is 139 cm³/mol. The van der Waals surface area contributed by atoms with Gasteiger partial charge in [-0.3, -0.25) is 4.79 Å².